The van der Waals surface area contributed by atoms with Crippen LogP contribution in [0.15, 0.2) is 5.38 Å². The molecule has 0 saturated carbocycles. The van der Waals surface area contributed by atoms with Crippen LogP contribution in [-0.2, 0) is 4.79 Å². The number of aryl methyl sites for hydroxylation is 1. The van der Waals surface area contributed by atoms with Gasteiger partial charge in [0.25, 0.3) is 0 Å². The van der Waals surface area contributed by atoms with Crippen LogP contribution in [0.5, 0.6) is 0 Å². The summed E-state index contributed by atoms with van der Waals surface area (Å²) in [6.45, 7) is 3.84. The van der Waals surface area contributed by atoms with Crippen LogP contribution in [0.4, 0.5) is 5.13 Å². The van der Waals surface area contributed by atoms with Crippen LogP contribution < -0.4 is 10.6 Å². The summed E-state index contributed by atoms with van der Waals surface area (Å²) in [6, 6.07) is 0. The average molecular weight is 211 g/mol. The van der Waals surface area contributed by atoms with Crippen molar-refractivity contribution in [1.82, 2.24) is 10.3 Å². The normalized spacial score (nSPS) is 16.4. The lowest BCUT2D eigenvalue weighted by atomic mass is 9.99. The predicted molar refractivity (Wildman–Crippen MR) is 56.5 cm³/mol. The molecule has 1 aromatic heterocycles. The lowest BCUT2D eigenvalue weighted by molar-refractivity contribution is -0.117. The maximum Gasteiger partial charge on any atom is 0.226 e. The molecule has 2 rings (SSSR count). The molecule has 14 heavy (non-hydrogen) atoms. The Kier molecular flexibility index (Phi) is 2.79. The first-order chi connectivity index (χ1) is 6.74. The van der Waals surface area contributed by atoms with E-state index < -0.39 is 0 Å². The van der Waals surface area contributed by atoms with E-state index in [9.17, 15) is 4.79 Å². The summed E-state index contributed by atoms with van der Waals surface area (Å²) in [7, 11) is 0. The molecular weight excluding hydrogens is 198 g/mol. The maximum absolute atomic E-state index is 11.5. The number of nitrogens with one attached hydrogen (secondary N) is 2. The zero-order valence-corrected chi connectivity index (χ0v) is 8.86. The lowest BCUT2D eigenvalue weighted by Gasteiger charge is -2.25. The number of nitrogens with zero attached hydrogens (tertiary/aromatic N) is 1. The van der Waals surface area contributed by atoms with Gasteiger partial charge in [-0.1, -0.05) is 0 Å². The van der Waals surface area contributed by atoms with Crippen LogP contribution >= 0.6 is 11.3 Å². The fourth-order valence-electron chi connectivity index (χ4n) is 1.34. The van der Waals surface area contributed by atoms with Crippen molar-refractivity contribution in [3.05, 3.63) is 11.1 Å². The molecule has 0 bridgehead atoms. The Morgan fingerprint density at radius 3 is 3.07 bits per heavy atom. The monoisotopic (exact) mass is 211 g/mol. The number of amides is 1. The molecule has 2 heterocycles. The summed E-state index contributed by atoms with van der Waals surface area (Å²) in [5, 5.41) is 8.58. The molecule has 1 saturated heterocycles. The zero-order valence-electron chi connectivity index (χ0n) is 8.04. The number of carbonyl (C=O) groups is 1. The van der Waals surface area contributed by atoms with Gasteiger partial charge in [0.05, 0.1) is 5.69 Å². The smallest absolute Gasteiger partial charge is 0.226 e. The van der Waals surface area contributed by atoms with Crippen LogP contribution in [0.2, 0.25) is 0 Å². The van der Waals surface area contributed by atoms with Gasteiger partial charge in [-0.15, -0.1) is 11.3 Å². The molecular formula is C9H13N3OS. The van der Waals surface area contributed by atoms with Gasteiger partial charge in [0.2, 0.25) is 5.91 Å². The number of carbonyl (C=O) groups excluding carboxylic acids is 1. The van der Waals surface area contributed by atoms with Crippen LogP contribution in [0.25, 0.3) is 0 Å². The number of thiazole rings is 1. The summed E-state index contributed by atoms with van der Waals surface area (Å²) in [5.41, 5.74) is 0.954. The van der Waals surface area contributed by atoms with Crippen molar-refractivity contribution in [3.8, 4) is 0 Å². The molecule has 5 heteroatoms. The Bertz CT molecular complexity index is 333. The first kappa shape index (κ1) is 9.61. The Morgan fingerprint density at radius 1 is 1.79 bits per heavy atom. The SMILES string of the molecule is Cc1csc(NC(=O)CC2CNC2)n1. The van der Waals surface area contributed by atoms with E-state index in [0.29, 0.717) is 17.5 Å². The number of hydrogen-bond donors (Lipinski definition) is 2. The predicted octanol–water partition coefficient (Wildman–Crippen LogP) is 1.000. The van der Waals surface area contributed by atoms with Gasteiger partial charge in [0.15, 0.2) is 5.13 Å². The number of rotatable bonds is 3. The standard InChI is InChI=1S/C9H13N3OS/c1-6-5-14-9(11-6)12-8(13)2-7-3-10-4-7/h5,7,10H,2-4H2,1H3,(H,11,12,13). The van der Waals surface area contributed by atoms with Crippen LogP contribution in [-0.4, -0.2) is 24.0 Å². The van der Waals surface area contributed by atoms with E-state index in [1.807, 2.05) is 12.3 Å². The molecule has 0 atom stereocenters. The highest BCUT2D eigenvalue weighted by molar-refractivity contribution is 7.13. The molecule has 2 N–H and O–H groups in total. The van der Waals surface area contributed by atoms with Gasteiger partial charge < -0.3 is 10.6 Å². The van der Waals surface area contributed by atoms with Gasteiger partial charge in [-0.2, -0.15) is 0 Å². The molecule has 0 radical (unpaired) electrons. The van der Waals surface area contributed by atoms with E-state index >= 15 is 0 Å². The highest BCUT2D eigenvalue weighted by Crippen LogP contribution is 2.16. The van der Waals surface area contributed by atoms with E-state index in [-0.39, 0.29) is 5.91 Å². The van der Waals surface area contributed by atoms with Crippen molar-refractivity contribution in [3.63, 3.8) is 0 Å². The molecule has 1 fully saturated rings. The van der Waals surface area contributed by atoms with E-state index in [4.69, 9.17) is 0 Å². The second-order valence-electron chi connectivity index (χ2n) is 3.57. The Labute approximate surface area is 86.7 Å². The third-order valence-corrected chi connectivity index (χ3v) is 3.08. The van der Waals surface area contributed by atoms with Gasteiger partial charge in [0.1, 0.15) is 0 Å². The first-order valence-corrected chi connectivity index (χ1v) is 5.54. The fourth-order valence-corrected chi connectivity index (χ4v) is 2.04. The summed E-state index contributed by atoms with van der Waals surface area (Å²) in [4.78, 5) is 15.6. The molecule has 0 aliphatic carbocycles. The van der Waals surface area contributed by atoms with Crippen molar-refractivity contribution in [1.29, 1.82) is 0 Å². The average Bonchev–Trinajstić information content (AvgIpc) is 2.44. The summed E-state index contributed by atoms with van der Waals surface area (Å²) in [6.07, 6.45) is 0.603. The topological polar surface area (TPSA) is 54.0 Å². The number of anilines is 1. The van der Waals surface area contributed by atoms with Gasteiger partial charge in [-0.3, -0.25) is 4.79 Å². The minimum atomic E-state index is 0.0749. The maximum atomic E-state index is 11.5. The minimum absolute atomic E-state index is 0.0749. The molecule has 4 nitrogen and oxygen atoms in total. The minimum Gasteiger partial charge on any atom is -0.316 e. The highest BCUT2D eigenvalue weighted by Gasteiger charge is 2.20. The highest BCUT2D eigenvalue weighted by atomic mass is 32.1. The first-order valence-electron chi connectivity index (χ1n) is 4.67. The van der Waals surface area contributed by atoms with Crippen molar-refractivity contribution in [2.24, 2.45) is 5.92 Å². The van der Waals surface area contributed by atoms with E-state index in [1.165, 1.54) is 11.3 Å². The Morgan fingerprint density at radius 2 is 2.57 bits per heavy atom. The number of aromatic nitrogens is 1. The van der Waals surface area contributed by atoms with Crippen molar-refractivity contribution in [2.45, 2.75) is 13.3 Å². The molecule has 1 aliphatic rings. The summed E-state index contributed by atoms with van der Waals surface area (Å²) < 4.78 is 0. The molecule has 0 aromatic carbocycles. The second-order valence-corrected chi connectivity index (χ2v) is 4.43. The van der Waals surface area contributed by atoms with Crippen molar-refractivity contribution < 1.29 is 4.79 Å². The quantitative estimate of drug-likeness (QED) is 0.784. The fraction of sp³-hybridized carbons (Fsp3) is 0.556. The largest absolute Gasteiger partial charge is 0.316 e. The summed E-state index contributed by atoms with van der Waals surface area (Å²) in [5.74, 6) is 0.585. The molecule has 76 valence electrons. The molecule has 1 aromatic rings. The third kappa shape index (κ3) is 2.30. The zero-order chi connectivity index (χ0) is 9.97. The molecule has 0 unspecified atom stereocenters. The Hall–Kier alpha value is -0.940. The Balaban J connectivity index is 1.81. The van der Waals surface area contributed by atoms with Gasteiger partial charge >= 0.3 is 0 Å². The van der Waals surface area contributed by atoms with Crippen molar-refractivity contribution >= 4 is 22.4 Å². The molecule has 1 amide bonds. The van der Waals surface area contributed by atoms with Crippen LogP contribution in [0.3, 0.4) is 0 Å². The van der Waals surface area contributed by atoms with Gasteiger partial charge in [0, 0.05) is 11.8 Å². The van der Waals surface area contributed by atoms with E-state index in [0.717, 1.165) is 18.8 Å². The van der Waals surface area contributed by atoms with E-state index in [1.54, 1.807) is 0 Å². The van der Waals surface area contributed by atoms with Gasteiger partial charge in [-0.25, -0.2) is 4.98 Å². The molecule has 1 aliphatic heterocycles. The molecule has 0 spiro atoms. The lowest BCUT2D eigenvalue weighted by Crippen LogP contribution is -2.43. The summed E-state index contributed by atoms with van der Waals surface area (Å²) >= 11 is 1.47. The third-order valence-electron chi connectivity index (χ3n) is 2.21. The number of hydrogen-bond acceptors (Lipinski definition) is 4. The van der Waals surface area contributed by atoms with E-state index in [2.05, 4.69) is 15.6 Å². The second kappa shape index (κ2) is 4.06. The van der Waals surface area contributed by atoms with Gasteiger partial charge in [-0.05, 0) is 25.9 Å². The van der Waals surface area contributed by atoms with Crippen LogP contribution in [0, 0.1) is 12.8 Å². The van der Waals surface area contributed by atoms with Crippen molar-refractivity contribution in [2.75, 3.05) is 18.4 Å². The van der Waals surface area contributed by atoms with Crippen LogP contribution in [0.1, 0.15) is 12.1 Å².